The maximum absolute atomic E-state index is 13.6. The molecule has 8 heteroatoms. The molecule has 1 N–H and O–H groups in total. The number of aliphatic hydroxyl groups is 1. The molecule has 1 aliphatic rings. The maximum atomic E-state index is 13.6. The van der Waals surface area contributed by atoms with Crippen molar-refractivity contribution < 1.29 is 28.2 Å². The Bertz CT molecular complexity index is 966. The quantitative estimate of drug-likeness (QED) is 0.682. The minimum atomic E-state index is -0.993. The van der Waals surface area contributed by atoms with E-state index in [1.165, 1.54) is 24.2 Å². The van der Waals surface area contributed by atoms with Crippen LogP contribution in [0, 0.1) is 11.6 Å². The predicted molar refractivity (Wildman–Crippen MR) is 110 cm³/mol. The highest BCUT2D eigenvalue weighted by Crippen LogP contribution is 2.37. The van der Waals surface area contributed by atoms with E-state index in [-0.39, 0.29) is 18.9 Å². The molecular weight excluding hydrogens is 416 g/mol. The Kier molecular flexibility index (Phi) is 6.95. The van der Waals surface area contributed by atoms with Crippen molar-refractivity contribution in [2.75, 3.05) is 20.3 Å². The predicted octanol–water partition coefficient (Wildman–Crippen LogP) is 4.37. The zero-order valence-corrected chi connectivity index (χ0v) is 17.3. The number of amides is 1. The highest BCUT2D eigenvalue weighted by molar-refractivity contribution is 6.32. The highest BCUT2D eigenvalue weighted by atomic mass is 35.5. The van der Waals surface area contributed by atoms with Crippen LogP contribution in [0.5, 0.6) is 11.5 Å². The molecule has 0 spiro atoms. The van der Waals surface area contributed by atoms with Gasteiger partial charge in [-0.05, 0) is 54.8 Å². The van der Waals surface area contributed by atoms with Gasteiger partial charge in [0.05, 0.1) is 30.9 Å². The van der Waals surface area contributed by atoms with E-state index >= 15 is 0 Å². The van der Waals surface area contributed by atoms with Crippen LogP contribution in [0.4, 0.5) is 8.78 Å². The van der Waals surface area contributed by atoms with E-state index < -0.39 is 23.8 Å². The number of methoxy groups -OCH3 is 1. The van der Waals surface area contributed by atoms with Crippen LogP contribution < -0.4 is 9.47 Å². The molecule has 0 radical (unpaired) electrons. The van der Waals surface area contributed by atoms with Crippen LogP contribution in [0.3, 0.4) is 0 Å². The third-order valence-electron chi connectivity index (χ3n) is 4.85. The van der Waals surface area contributed by atoms with Crippen LogP contribution in [0.25, 0.3) is 6.08 Å². The number of rotatable bonds is 6. The fourth-order valence-electron chi connectivity index (χ4n) is 3.48. The summed E-state index contributed by atoms with van der Waals surface area (Å²) in [4.78, 5) is 14.2. The SMILES string of the molecule is CCOc1c(Cl)cc(/C=C/C(=O)N2CC(O)CC2c2ccc(F)c(F)c2)cc1OC. The molecule has 0 saturated carbocycles. The van der Waals surface area contributed by atoms with Gasteiger partial charge in [0.25, 0.3) is 0 Å². The molecule has 0 aliphatic carbocycles. The number of β-amino-alcohol motifs (C(OH)–C–C–N with tert-alkyl or cyclic N) is 1. The van der Waals surface area contributed by atoms with Crippen molar-refractivity contribution in [2.24, 2.45) is 0 Å². The molecule has 1 aliphatic heterocycles. The molecule has 3 rings (SSSR count). The largest absolute Gasteiger partial charge is 0.493 e. The fraction of sp³-hybridized carbons (Fsp3) is 0.318. The summed E-state index contributed by atoms with van der Waals surface area (Å²) in [6.45, 7) is 2.35. The van der Waals surface area contributed by atoms with E-state index in [0.717, 1.165) is 12.1 Å². The second-order valence-corrected chi connectivity index (χ2v) is 7.28. The Morgan fingerprint density at radius 1 is 1.30 bits per heavy atom. The molecule has 2 unspecified atom stereocenters. The number of aliphatic hydroxyl groups excluding tert-OH is 1. The molecule has 30 heavy (non-hydrogen) atoms. The average Bonchev–Trinajstić information content (AvgIpc) is 3.11. The van der Waals surface area contributed by atoms with Crippen molar-refractivity contribution in [2.45, 2.75) is 25.5 Å². The topological polar surface area (TPSA) is 59.0 Å². The second kappa shape index (κ2) is 9.45. The van der Waals surface area contributed by atoms with Crippen LogP contribution in [0.15, 0.2) is 36.4 Å². The lowest BCUT2D eigenvalue weighted by Crippen LogP contribution is -2.30. The smallest absolute Gasteiger partial charge is 0.247 e. The summed E-state index contributed by atoms with van der Waals surface area (Å²) >= 11 is 6.25. The number of benzene rings is 2. The highest BCUT2D eigenvalue weighted by Gasteiger charge is 2.34. The summed E-state index contributed by atoms with van der Waals surface area (Å²) in [6, 6.07) is 6.27. The van der Waals surface area contributed by atoms with Gasteiger partial charge in [-0.15, -0.1) is 0 Å². The van der Waals surface area contributed by atoms with Crippen LogP contribution in [0.2, 0.25) is 5.02 Å². The average molecular weight is 438 g/mol. The number of carbonyl (C=O) groups is 1. The van der Waals surface area contributed by atoms with Crippen LogP contribution in [-0.4, -0.2) is 42.3 Å². The van der Waals surface area contributed by atoms with Crippen molar-refractivity contribution in [3.8, 4) is 11.5 Å². The van der Waals surface area contributed by atoms with Crippen molar-refractivity contribution >= 4 is 23.6 Å². The number of halogens is 3. The summed E-state index contributed by atoms with van der Waals surface area (Å²) < 4.78 is 37.7. The summed E-state index contributed by atoms with van der Waals surface area (Å²) in [7, 11) is 1.49. The molecule has 2 aromatic rings. The lowest BCUT2D eigenvalue weighted by Gasteiger charge is -2.23. The molecule has 5 nitrogen and oxygen atoms in total. The van der Waals surface area contributed by atoms with Gasteiger partial charge in [-0.25, -0.2) is 8.78 Å². The number of hydrogen-bond acceptors (Lipinski definition) is 4. The molecule has 0 aromatic heterocycles. The molecule has 2 aromatic carbocycles. The number of hydrogen-bond donors (Lipinski definition) is 1. The maximum Gasteiger partial charge on any atom is 0.247 e. The van der Waals surface area contributed by atoms with E-state index in [4.69, 9.17) is 21.1 Å². The summed E-state index contributed by atoms with van der Waals surface area (Å²) in [5, 5.41) is 10.4. The first-order chi connectivity index (χ1) is 14.3. The zero-order chi connectivity index (χ0) is 21.8. The zero-order valence-electron chi connectivity index (χ0n) is 16.6. The number of likely N-dealkylation sites (tertiary alicyclic amines) is 1. The molecular formula is C22H22ClF2NO4. The third kappa shape index (κ3) is 4.74. The molecule has 160 valence electrons. The standard InChI is InChI=1S/C22H22ClF2NO4/c1-3-30-22-16(23)8-13(9-20(22)29-2)4-7-21(28)26-12-15(27)11-19(26)14-5-6-17(24)18(25)10-14/h4-10,15,19,27H,3,11-12H2,1-2H3/b7-4+. The number of ether oxygens (including phenoxy) is 2. The van der Waals surface area contributed by atoms with Gasteiger partial charge >= 0.3 is 0 Å². The number of carbonyl (C=O) groups excluding carboxylic acids is 1. The van der Waals surface area contributed by atoms with Crippen molar-refractivity contribution in [3.63, 3.8) is 0 Å². The normalized spacial score (nSPS) is 18.8. The van der Waals surface area contributed by atoms with Gasteiger partial charge in [0.15, 0.2) is 23.1 Å². The van der Waals surface area contributed by atoms with Gasteiger partial charge in [-0.1, -0.05) is 17.7 Å². The van der Waals surface area contributed by atoms with Gasteiger partial charge in [-0.3, -0.25) is 4.79 Å². The molecule has 1 amide bonds. The molecule has 2 atom stereocenters. The Balaban J connectivity index is 1.82. The van der Waals surface area contributed by atoms with Gasteiger partial charge < -0.3 is 19.5 Å². The van der Waals surface area contributed by atoms with Gasteiger partial charge in [-0.2, -0.15) is 0 Å². The summed E-state index contributed by atoms with van der Waals surface area (Å²) in [6.07, 6.45) is 2.41. The lowest BCUT2D eigenvalue weighted by molar-refractivity contribution is -0.127. The van der Waals surface area contributed by atoms with E-state index in [0.29, 0.717) is 34.3 Å². The first-order valence-electron chi connectivity index (χ1n) is 9.46. The Morgan fingerprint density at radius 3 is 2.73 bits per heavy atom. The van der Waals surface area contributed by atoms with Crippen molar-refractivity contribution in [3.05, 3.63) is 64.2 Å². The molecule has 1 heterocycles. The first-order valence-corrected chi connectivity index (χ1v) is 9.83. The Labute approximate surface area is 178 Å². The van der Waals surface area contributed by atoms with Gasteiger partial charge in [0.2, 0.25) is 5.91 Å². The molecule has 1 fully saturated rings. The van der Waals surface area contributed by atoms with E-state index in [1.54, 1.807) is 18.2 Å². The van der Waals surface area contributed by atoms with E-state index in [9.17, 15) is 18.7 Å². The molecule has 0 bridgehead atoms. The minimum Gasteiger partial charge on any atom is -0.493 e. The summed E-state index contributed by atoms with van der Waals surface area (Å²) in [5.74, 6) is -1.46. The second-order valence-electron chi connectivity index (χ2n) is 6.87. The fourth-order valence-corrected chi connectivity index (χ4v) is 3.75. The number of nitrogens with zero attached hydrogens (tertiary/aromatic N) is 1. The van der Waals surface area contributed by atoms with Crippen LogP contribution >= 0.6 is 11.6 Å². The molecule has 1 saturated heterocycles. The minimum absolute atomic E-state index is 0.0974. The van der Waals surface area contributed by atoms with Crippen molar-refractivity contribution in [1.82, 2.24) is 4.90 Å². The first kappa shape index (κ1) is 22.1. The van der Waals surface area contributed by atoms with Crippen LogP contribution in [-0.2, 0) is 4.79 Å². The van der Waals surface area contributed by atoms with E-state index in [1.807, 2.05) is 6.92 Å². The Hall–Kier alpha value is -2.64. The Morgan fingerprint density at radius 2 is 2.07 bits per heavy atom. The third-order valence-corrected chi connectivity index (χ3v) is 5.13. The van der Waals surface area contributed by atoms with Crippen molar-refractivity contribution in [1.29, 1.82) is 0 Å². The lowest BCUT2D eigenvalue weighted by atomic mass is 10.0. The van der Waals surface area contributed by atoms with Gasteiger partial charge in [0.1, 0.15) is 0 Å². The van der Waals surface area contributed by atoms with E-state index in [2.05, 4.69) is 0 Å². The van der Waals surface area contributed by atoms with Crippen LogP contribution in [0.1, 0.15) is 30.5 Å². The monoisotopic (exact) mass is 437 g/mol. The van der Waals surface area contributed by atoms with Gasteiger partial charge in [0, 0.05) is 12.6 Å². The summed E-state index contributed by atoms with van der Waals surface area (Å²) in [5.41, 5.74) is 1.05.